The molecule has 0 aliphatic heterocycles. The number of nitrogens with two attached hydrogens (primary N) is 2. The molecule has 4 heteroatoms. The fourth-order valence-corrected chi connectivity index (χ4v) is 2.07. The predicted octanol–water partition coefficient (Wildman–Crippen LogP) is 0.764. The molecule has 0 heterocycles. The number of nitrogens with zero attached hydrogens (tertiary/aromatic N) is 1. The molecule has 1 fully saturated rings. The van der Waals surface area contributed by atoms with Gasteiger partial charge in [-0.1, -0.05) is 37.3 Å². The van der Waals surface area contributed by atoms with Crippen LogP contribution in [0.1, 0.15) is 18.9 Å². The van der Waals surface area contributed by atoms with Gasteiger partial charge in [-0.3, -0.25) is 4.79 Å². The monoisotopic (exact) mass is 217 g/mol. The number of rotatable bonds is 2. The highest BCUT2D eigenvalue weighted by molar-refractivity contribution is 5.95. The molecule has 0 saturated heterocycles. The molecule has 0 bridgehead atoms. The highest BCUT2D eigenvalue weighted by Crippen LogP contribution is 2.54. The number of carbonyl (C=O) groups is 1. The first-order valence-corrected chi connectivity index (χ1v) is 5.23. The van der Waals surface area contributed by atoms with Crippen LogP contribution >= 0.6 is 0 Å². The normalized spacial score (nSPS) is 27.2. The lowest BCUT2D eigenvalue weighted by Crippen LogP contribution is -2.25. The summed E-state index contributed by atoms with van der Waals surface area (Å²) in [7, 11) is 0. The maximum absolute atomic E-state index is 11.7. The minimum absolute atomic E-state index is 0.0861. The fraction of sp³-hybridized carbons (Fsp3) is 0.333. The molecule has 0 radical (unpaired) electrons. The minimum atomic E-state index is -0.216. The van der Waals surface area contributed by atoms with Gasteiger partial charge in [0.25, 0.3) is 5.91 Å². The lowest BCUT2D eigenvalue weighted by molar-refractivity contribution is -0.119. The Kier molecular flexibility index (Phi) is 2.42. The van der Waals surface area contributed by atoms with E-state index in [0.29, 0.717) is 0 Å². The van der Waals surface area contributed by atoms with E-state index >= 15 is 0 Å². The van der Waals surface area contributed by atoms with Crippen molar-refractivity contribution in [3.63, 3.8) is 0 Å². The van der Waals surface area contributed by atoms with E-state index < -0.39 is 0 Å². The zero-order chi connectivity index (χ0) is 11.8. The van der Waals surface area contributed by atoms with Gasteiger partial charge in [-0.05, 0) is 12.0 Å². The van der Waals surface area contributed by atoms with Crippen LogP contribution in [0, 0.1) is 5.92 Å². The summed E-state index contributed by atoms with van der Waals surface area (Å²) < 4.78 is 0. The Labute approximate surface area is 94.4 Å². The van der Waals surface area contributed by atoms with Crippen molar-refractivity contribution in [1.29, 1.82) is 0 Å². The van der Waals surface area contributed by atoms with Crippen LogP contribution < -0.4 is 11.5 Å². The van der Waals surface area contributed by atoms with Crippen LogP contribution in [0.5, 0.6) is 0 Å². The smallest absolute Gasteiger partial charge is 0.252 e. The standard InChI is InChI=1S/C12H15N3O/c1-12(8-5-3-2-4-6-8)7-9(12)10(16)15-11(13)14/h2-6,9H,7H2,1H3,(H4,13,14,15,16). The summed E-state index contributed by atoms with van der Waals surface area (Å²) in [5, 5.41) is 0. The number of amides is 1. The molecule has 2 atom stereocenters. The van der Waals surface area contributed by atoms with Crippen molar-refractivity contribution >= 4 is 11.9 Å². The molecule has 0 aromatic heterocycles. The molecular weight excluding hydrogens is 202 g/mol. The van der Waals surface area contributed by atoms with E-state index in [1.807, 2.05) is 30.3 Å². The summed E-state index contributed by atoms with van der Waals surface area (Å²) >= 11 is 0. The highest BCUT2D eigenvalue weighted by atomic mass is 16.1. The molecule has 1 aliphatic rings. The van der Waals surface area contributed by atoms with Crippen molar-refractivity contribution < 1.29 is 4.79 Å². The lowest BCUT2D eigenvalue weighted by Gasteiger charge is -2.09. The summed E-state index contributed by atoms with van der Waals surface area (Å²) in [4.78, 5) is 15.3. The largest absolute Gasteiger partial charge is 0.370 e. The molecule has 1 saturated carbocycles. The molecule has 4 N–H and O–H groups in total. The van der Waals surface area contributed by atoms with E-state index in [2.05, 4.69) is 11.9 Å². The maximum Gasteiger partial charge on any atom is 0.252 e. The third-order valence-electron chi connectivity index (χ3n) is 3.21. The number of guanidine groups is 1. The van der Waals surface area contributed by atoms with Crippen molar-refractivity contribution in [2.75, 3.05) is 0 Å². The van der Waals surface area contributed by atoms with E-state index in [9.17, 15) is 4.79 Å². The third-order valence-corrected chi connectivity index (χ3v) is 3.21. The number of hydrogen-bond acceptors (Lipinski definition) is 1. The van der Waals surface area contributed by atoms with Gasteiger partial charge in [0.1, 0.15) is 0 Å². The summed E-state index contributed by atoms with van der Waals surface area (Å²) in [6.45, 7) is 2.06. The Bertz CT molecular complexity index is 437. The SMILES string of the molecule is CC1(c2ccccc2)CC1C(=O)N=C(N)N. The van der Waals surface area contributed by atoms with E-state index in [1.165, 1.54) is 5.56 Å². The number of benzene rings is 1. The molecule has 4 nitrogen and oxygen atoms in total. The van der Waals surface area contributed by atoms with Crippen LogP contribution in [0.25, 0.3) is 0 Å². The summed E-state index contributed by atoms with van der Waals surface area (Å²) in [5.74, 6) is -0.462. The second-order valence-electron chi connectivity index (χ2n) is 4.42. The molecule has 1 aliphatic carbocycles. The number of carbonyl (C=O) groups excluding carboxylic acids is 1. The quantitative estimate of drug-likeness (QED) is 0.567. The molecule has 84 valence electrons. The summed E-state index contributed by atoms with van der Waals surface area (Å²) in [5.41, 5.74) is 11.5. The molecule has 1 amide bonds. The molecule has 2 unspecified atom stereocenters. The zero-order valence-electron chi connectivity index (χ0n) is 9.18. The average molecular weight is 217 g/mol. The average Bonchev–Trinajstić information content (AvgIpc) is 2.93. The number of hydrogen-bond donors (Lipinski definition) is 2. The Balaban J connectivity index is 2.16. The van der Waals surface area contributed by atoms with Gasteiger partial charge in [0.05, 0.1) is 5.92 Å². The van der Waals surface area contributed by atoms with Gasteiger partial charge < -0.3 is 11.5 Å². The van der Waals surface area contributed by atoms with Gasteiger partial charge in [-0.25, -0.2) is 0 Å². The topological polar surface area (TPSA) is 81.5 Å². The van der Waals surface area contributed by atoms with Crippen molar-refractivity contribution in [3.05, 3.63) is 35.9 Å². The van der Waals surface area contributed by atoms with Gasteiger partial charge in [0.2, 0.25) is 0 Å². The van der Waals surface area contributed by atoms with Gasteiger partial charge in [0.15, 0.2) is 5.96 Å². The van der Waals surface area contributed by atoms with Gasteiger partial charge >= 0.3 is 0 Å². The molecule has 1 aromatic rings. The minimum Gasteiger partial charge on any atom is -0.370 e. The number of aliphatic imine (C=N–C) groups is 1. The van der Waals surface area contributed by atoms with Crippen LogP contribution in [0.15, 0.2) is 35.3 Å². The van der Waals surface area contributed by atoms with Crippen molar-refractivity contribution in [1.82, 2.24) is 0 Å². The molecular formula is C12H15N3O. The zero-order valence-corrected chi connectivity index (χ0v) is 9.18. The van der Waals surface area contributed by atoms with Gasteiger partial charge in [-0.15, -0.1) is 0 Å². The first-order valence-electron chi connectivity index (χ1n) is 5.23. The Morgan fingerprint density at radius 1 is 1.38 bits per heavy atom. The van der Waals surface area contributed by atoms with E-state index in [-0.39, 0.29) is 23.2 Å². The molecule has 16 heavy (non-hydrogen) atoms. The maximum atomic E-state index is 11.7. The second-order valence-corrected chi connectivity index (χ2v) is 4.42. The van der Waals surface area contributed by atoms with Crippen LogP contribution in [-0.4, -0.2) is 11.9 Å². The van der Waals surface area contributed by atoms with Crippen LogP contribution in [0.2, 0.25) is 0 Å². The third kappa shape index (κ3) is 1.78. The first kappa shape index (κ1) is 10.7. The van der Waals surface area contributed by atoms with Crippen molar-refractivity contribution in [2.45, 2.75) is 18.8 Å². The van der Waals surface area contributed by atoms with Gasteiger partial charge in [-0.2, -0.15) is 4.99 Å². The summed E-state index contributed by atoms with van der Waals surface area (Å²) in [6.07, 6.45) is 0.812. The lowest BCUT2D eigenvalue weighted by atomic mass is 9.95. The Morgan fingerprint density at radius 3 is 2.56 bits per heavy atom. The van der Waals surface area contributed by atoms with Crippen LogP contribution in [0.4, 0.5) is 0 Å². The fourth-order valence-electron chi connectivity index (χ4n) is 2.07. The molecule has 2 rings (SSSR count). The van der Waals surface area contributed by atoms with Crippen molar-refractivity contribution in [2.24, 2.45) is 22.4 Å². The first-order chi connectivity index (χ1) is 7.54. The van der Waals surface area contributed by atoms with E-state index in [0.717, 1.165) is 6.42 Å². The second kappa shape index (κ2) is 3.63. The highest BCUT2D eigenvalue weighted by Gasteiger charge is 2.55. The van der Waals surface area contributed by atoms with E-state index in [1.54, 1.807) is 0 Å². The van der Waals surface area contributed by atoms with Crippen LogP contribution in [0.3, 0.4) is 0 Å². The van der Waals surface area contributed by atoms with E-state index in [4.69, 9.17) is 11.5 Å². The Hall–Kier alpha value is -1.84. The molecule has 1 aromatic carbocycles. The van der Waals surface area contributed by atoms with Crippen LogP contribution in [-0.2, 0) is 10.2 Å². The Morgan fingerprint density at radius 2 is 2.00 bits per heavy atom. The summed E-state index contributed by atoms with van der Waals surface area (Å²) in [6, 6.07) is 9.97. The predicted molar refractivity (Wildman–Crippen MR) is 62.7 cm³/mol. The van der Waals surface area contributed by atoms with Crippen molar-refractivity contribution in [3.8, 4) is 0 Å². The van der Waals surface area contributed by atoms with Gasteiger partial charge in [0, 0.05) is 5.41 Å². The molecule has 0 spiro atoms.